The van der Waals surface area contributed by atoms with Gasteiger partial charge in [-0.25, -0.2) is 4.39 Å². The number of rotatable bonds is 4. The van der Waals surface area contributed by atoms with Crippen LogP contribution < -0.4 is 5.56 Å². The molecule has 31 heavy (non-hydrogen) atoms. The van der Waals surface area contributed by atoms with Gasteiger partial charge >= 0.3 is 0 Å². The van der Waals surface area contributed by atoms with E-state index in [2.05, 4.69) is 15.2 Å². The van der Waals surface area contributed by atoms with E-state index in [0.29, 0.717) is 6.54 Å². The molecule has 0 aliphatic carbocycles. The first kappa shape index (κ1) is 18.9. The molecule has 0 aliphatic rings. The summed E-state index contributed by atoms with van der Waals surface area (Å²) < 4.78 is 15.0. The smallest absolute Gasteiger partial charge is 0.251 e. The summed E-state index contributed by atoms with van der Waals surface area (Å²) in [5.74, 6) is -0.309. The molecule has 3 aromatic heterocycles. The van der Waals surface area contributed by atoms with Crippen molar-refractivity contribution in [2.45, 2.75) is 13.5 Å². The molecule has 5 nitrogen and oxygen atoms in total. The molecule has 0 unspecified atom stereocenters. The standard InChI is InChI=1S/C25H19FN4O/c1-16-11-20(7-9-27-16)25-22-13-18(5-6-23(22)28-29-25)19-8-10-30(24(31)14-19)15-17-3-2-4-21(26)12-17/h2-14H,15H2,1H3,(H,28,29). The van der Waals surface area contributed by atoms with Gasteiger partial charge in [0, 0.05) is 35.1 Å². The van der Waals surface area contributed by atoms with Crippen LogP contribution in [0.4, 0.5) is 4.39 Å². The summed E-state index contributed by atoms with van der Waals surface area (Å²) in [7, 11) is 0. The predicted octanol–water partition coefficient (Wildman–Crippen LogP) is 4.95. The zero-order valence-corrected chi connectivity index (χ0v) is 16.8. The number of benzene rings is 2. The maximum Gasteiger partial charge on any atom is 0.251 e. The van der Waals surface area contributed by atoms with E-state index in [1.807, 2.05) is 43.3 Å². The van der Waals surface area contributed by atoms with Gasteiger partial charge in [-0.1, -0.05) is 18.2 Å². The third-order valence-electron chi connectivity index (χ3n) is 5.30. The second-order valence-electron chi connectivity index (χ2n) is 7.53. The molecule has 2 aromatic carbocycles. The average Bonchev–Trinajstić information content (AvgIpc) is 3.18. The van der Waals surface area contributed by atoms with Crippen molar-refractivity contribution < 1.29 is 4.39 Å². The Morgan fingerprint density at radius 3 is 2.65 bits per heavy atom. The molecule has 0 saturated heterocycles. The Morgan fingerprint density at radius 2 is 1.84 bits per heavy atom. The number of pyridine rings is 2. The molecule has 3 heterocycles. The van der Waals surface area contributed by atoms with E-state index >= 15 is 0 Å². The van der Waals surface area contributed by atoms with Crippen LogP contribution in [0.2, 0.25) is 0 Å². The minimum Gasteiger partial charge on any atom is -0.311 e. The molecule has 152 valence electrons. The van der Waals surface area contributed by atoms with Crippen molar-refractivity contribution in [3.8, 4) is 22.4 Å². The highest BCUT2D eigenvalue weighted by atomic mass is 19.1. The van der Waals surface area contributed by atoms with E-state index in [4.69, 9.17) is 0 Å². The Kier molecular flexibility index (Phi) is 4.67. The molecule has 0 atom stereocenters. The summed E-state index contributed by atoms with van der Waals surface area (Å²) >= 11 is 0. The van der Waals surface area contributed by atoms with E-state index in [0.717, 1.165) is 44.5 Å². The third-order valence-corrected chi connectivity index (χ3v) is 5.30. The minimum absolute atomic E-state index is 0.140. The number of aryl methyl sites for hydroxylation is 1. The Morgan fingerprint density at radius 1 is 0.968 bits per heavy atom. The van der Waals surface area contributed by atoms with Crippen molar-refractivity contribution in [3.63, 3.8) is 0 Å². The quantitative estimate of drug-likeness (QED) is 0.456. The molecule has 0 spiro atoms. The van der Waals surface area contributed by atoms with Crippen molar-refractivity contribution in [1.29, 1.82) is 0 Å². The number of hydrogen-bond acceptors (Lipinski definition) is 3. The van der Waals surface area contributed by atoms with Crippen LogP contribution in [-0.4, -0.2) is 19.7 Å². The Bertz CT molecular complexity index is 1470. The normalized spacial score (nSPS) is 11.2. The number of halogens is 1. The fourth-order valence-corrected chi connectivity index (χ4v) is 3.76. The third kappa shape index (κ3) is 3.75. The molecule has 5 rings (SSSR count). The van der Waals surface area contributed by atoms with Crippen LogP contribution in [0.25, 0.3) is 33.3 Å². The van der Waals surface area contributed by atoms with Gasteiger partial charge in [-0.15, -0.1) is 0 Å². The van der Waals surface area contributed by atoms with Crippen molar-refractivity contribution in [1.82, 2.24) is 19.7 Å². The van der Waals surface area contributed by atoms with Crippen LogP contribution in [0.3, 0.4) is 0 Å². The zero-order chi connectivity index (χ0) is 21.4. The topological polar surface area (TPSA) is 63.6 Å². The second-order valence-corrected chi connectivity index (χ2v) is 7.53. The molecule has 6 heteroatoms. The van der Waals surface area contributed by atoms with Crippen LogP contribution in [0.15, 0.2) is 83.9 Å². The first-order valence-corrected chi connectivity index (χ1v) is 9.93. The molecule has 1 N–H and O–H groups in total. The van der Waals surface area contributed by atoms with Crippen molar-refractivity contribution in [2.75, 3.05) is 0 Å². The number of fused-ring (bicyclic) bond motifs is 1. The summed E-state index contributed by atoms with van der Waals surface area (Å²) in [4.78, 5) is 16.9. The molecule has 0 radical (unpaired) electrons. The van der Waals surface area contributed by atoms with E-state index in [9.17, 15) is 9.18 Å². The number of aromatic amines is 1. The van der Waals surface area contributed by atoms with Crippen LogP contribution in [0.5, 0.6) is 0 Å². The Labute approximate surface area is 177 Å². The lowest BCUT2D eigenvalue weighted by molar-refractivity contribution is 0.623. The van der Waals surface area contributed by atoms with E-state index in [1.165, 1.54) is 12.1 Å². The Balaban J connectivity index is 1.51. The maximum atomic E-state index is 13.4. The summed E-state index contributed by atoms with van der Waals surface area (Å²) in [6, 6.07) is 19.7. The number of nitrogens with zero attached hydrogens (tertiary/aromatic N) is 3. The molecular formula is C25H19FN4O. The molecule has 5 aromatic rings. The van der Waals surface area contributed by atoms with Crippen molar-refractivity contribution in [3.05, 3.63) is 107 Å². The van der Waals surface area contributed by atoms with Gasteiger partial charge in [-0.05, 0) is 66.1 Å². The van der Waals surface area contributed by atoms with Gasteiger partial charge in [-0.3, -0.25) is 14.9 Å². The largest absolute Gasteiger partial charge is 0.311 e. The molecular weight excluding hydrogens is 391 g/mol. The SMILES string of the molecule is Cc1cc(-c2n[nH]c3ccc(-c4ccn(Cc5cccc(F)c5)c(=O)c4)cc23)ccn1. The van der Waals surface area contributed by atoms with E-state index in [1.54, 1.807) is 35.2 Å². The fourth-order valence-electron chi connectivity index (χ4n) is 3.76. The molecule has 0 bridgehead atoms. The number of aromatic nitrogens is 4. The van der Waals surface area contributed by atoms with Gasteiger partial charge in [0.05, 0.1) is 12.1 Å². The zero-order valence-electron chi connectivity index (χ0n) is 16.8. The maximum absolute atomic E-state index is 13.4. The first-order valence-electron chi connectivity index (χ1n) is 9.93. The molecule has 0 amide bonds. The van der Waals surface area contributed by atoms with Gasteiger partial charge in [-0.2, -0.15) is 5.10 Å². The van der Waals surface area contributed by atoms with E-state index in [-0.39, 0.29) is 11.4 Å². The molecule has 0 aliphatic heterocycles. The number of hydrogen-bond donors (Lipinski definition) is 1. The van der Waals surface area contributed by atoms with Crippen LogP contribution in [0, 0.1) is 12.7 Å². The highest BCUT2D eigenvalue weighted by molar-refractivity contribution is 5.95. The molecule has 0 saturated carbocycles. The second kappa shape index (κ2) is 7.65. The van der Waals surface area contributed by atoms with Gasteiger partial charge < -0.3 is 4.57 Å². The van der Waals surface area contributed by atoms with Crippen molar-refractivity contribution in [2.24, 2.45) is 0 Å². The van der Waals surface area contributed by atoms with Crippen LogP contribution in [0.1, 0.15) is 11.3 Å². The minimum atomic E-state index is -0.309. The fraction of sp³-hybridized carbons (Fsp3) is 0.0800. The summed E-state index contributed by atoms with van der Waals surface area (Å²) in [5, 5.41) is 8.53. The van der Waals surface area contributed by atoms with Crippen LogP contribution >= 0.6 is 0 Å². The summed E-state index contributed by atoms with van der Waals surface area (Å²) in [5.41, 5.74) is 6.03. The van der Waals surface area contributed by atoms with Gasteiger partial charge in [0.1, 0.15) is 11.5 Å². The van der Waals surface area contributed by atoms with Crippen LogP contribution in [-0.2, 0) is 6.54 Å². The van der Waals surface area contributed by atoms with Gasteiger partial charge in [0.2, 0.25) is 0 Å². The summed E-state index contributed by atoms with van der Waals surface area (Å²) in [6.07, 6.45) is 3.52. The first-order chi connectivity index (χ1) is 15.1. The highest BCUT2D eigenvalue weighted by Gasteiger charge is 2.11. The lowest BCUT2D eigenvalue weighted by Gasteiger charge is -2.08. The number of nitrogens with one attached hydrogen (secondary N) is 1. The van der Waals surface area contributed by atoms with E-state index < -0.39 is 0 Å². The summed E-state index contributed by atoms with van der Waals surface area (Å²) in [6.45, 7) is 2.27. The Hall–Kier alpha value is -4.06. The lowest BCUT2D eigenvalue weighted by Crippen LogP contribution is -2.19. The van der Waals surface area contributed by atoms with Gasteiger partial charge in [0.25, 0.3) is 5.56 Å². The average molecular weight is 410 g/mol. The lowest BCUT2D eigenvalue weighted by atomic mass is 10.0. The monoisotopic (exact) mass is 410 g/mol. The molecule has 0 fully saturated rings. The van der Waals surface area contributed by atoms with Crippen molar-refractivity contribution >= 4 is 10.9 Å². The highest BCUT2D eigenvalue weighted by Crippen LogP contribution is 2.30. The van der Waals surface area contributed by atoms with Gasteiger partial charge in [0.15, 0.2) is 0 Å². The number of H-pyrrole nitrogens is 1. The predicted molar refractivity (Wildman–Crippen MR) is 119 cm³/mol.